The molecule has 1 aliphatic heterocycles. The monoisotopic (exact) mass is 432 g/mol. The molecule has 1 fully saturated rings. The van der Waals surface area contributed by atoms with Gasteiger partial charge < -0.3 is 20.3 Å². The fourth-order valence-corrected chi connectivity index (χ4v) is 5.20. The summed E-state index contributed by atoms with van der Waals surface area (Å²) in [5.41, 5.74) is 10.1. The molecule has 0 atom stereocenters. The SMILES string of the molecule is COc1ccccc1N1CCN(C(=O)c2sc3nc4cc(C)ccc4cc3c2N)CC1. The van der Waals surface area contributed by atoms with Gasteiger partial charge in [0.1, 0.15) is 15.5 Å². The highest BCUT2D eigenvalue weighted by molar-refractivity contribution is 7.21. The van der Waals surface area contributed by atoms with Crippen molar-refractivity contribution in [2.45, 2.75) is 6.92 Å². The standard InChI is InChI=1S/C24H24N4O2S/c1-15-7-8-16-14-17-21(25)22(31-23(17)26-18(16)13-15)24(29)28-11-9-27(10-12-28)19-5-3-4-6-20(19)30-2/h3-8,13-14H,9-12,25H2,1-2H3. The molecular weight excluding hydrogens is 408 g/mol. The van der Waals surface area contributed by atoms with Crippen LogP contribution in [-0.4, -0.2) is 49.1 Å². The Morgan fingerprint density at radius 3 is 2.65 bits per heavy atom. The van der Waals surface area contributed by atoms with Crippen molar-refractivity contribution in [1.29, 1.82) is 0 Å². The van der Waals surface area contributed by atoms with Crippen molar-refractivity contribution in [2.75, 3.05) is 43.9 Å². The van der Waals surface area contributed by atoms with Crippen LogP contribution in [0.25, 0.3) is 21.1 Å². The van der Waals surface area contributed by atoms with Crippen LogP contribution in [0.1, 0.15) is 15.2 Å². The third-order valence-electron chi connectivity index (χ3n) is 5.86. The van der Waals surface area contributed by atoms with Crippen molar-refractivity contribution >= 4 is 49.7 Å². The number of hydrogen-bond acceptors (Lipinski definition) is 6. The van der Waals surface area contributed by atoms with E-state index in [1.165, 1.54) is 11.3 Å². The van der Waals surface area contributed by atoms with Crippen LogP contribution in [0.4, 0.5) is 11.4 Å². The lowest BCUT2D eigenvalue weighted by Crippen LogP contribution is -2.48. The summed E-state index contributed by atoms with van der Waals surface area (Å²) in [5, 5.41) is 1.89. The maximum atomic E-state index is 13.3. The fourth-order valence-electron chi connectivity index (χ4n) is 4.15. The number of benzene rings is 2. The lowest BCUT2D eigenvalue weighted by atomic mass is 10.1. The number of ether oxygens (including phenoxy) is 1. The molecule has 158 valence electrons. The first kappa shape index (κ1) is 19.6. The largest absolute Gasteiger partial charge is 0.495 e. The van der Waals surface area contributed by atoms with E-state index < -0.39 is 0 Å². The van der Waals surface area contributed by atoms with E-state index in [1.807, 2.05) is 42.2 Å². The summed E-state index contributed by atoms with van der Waals surface area (Å²) in [6.45, 7) is 4.82. The predicted octanol–water partition coefficient (Wildman–Crippen LogP) is 4.31. The summed E-state index contributed by atoms with van der Waals surface area (Å²) >= 11 is 1.39. The van der Waals surface area contributed by atoms with Gasteiger partial charge in [0.2, 0.25) is 0 Å². The Balaban J connectivity index is 1.39. The zero-order chi connectivity index (χ0) is 21.5. The predicted molar refractivity (Wildman–Crippen MR) is 127 cm³/mol. The van der Waals surface area contributed by atoms with Crippen LogP contribution < -0.4 is 15.4 Å². The Bertz CT molecular complexity index is 1290. The number of nitrogen functional groups attached to an aromatic ring is 1. The Morgan fingerprint density at radius 1 is 1.10 bits per heavy atom. The minimum absolute atomic E-state index is 0.0135. The van der Waals surface area contributed by atoms with E-state index in [2.05, 4.69) is 23.1 Å². The maximum Gasteiger partial charge on any atom is 0.266 e. The summed E-state index contributed by atoms with van der Waals surface area (Å²) in [6.07, 6.45) is 0. The quantitative estimate of drug-likeness (QED) is 0.522. The molecule has 1 aliphatic rings. The number of amides is 1. The minimum atomic E-state index is -0.0135. The second-order valence-electron chi connectivity index (χ2n) is 7.83. The van der Waals surface area contributed by atoms with E-state index >= 15 is 0 Å². The van der Waals surface area contributed by atoms with Crippen molar-refractivity contribution in [3.05, 3.63) is 59.0 Å². The third kappa shape index (κ3) is 3.45. The Morgan fingerprint density at radius 2 is 1.87 bits per heavy atom. The number of nitrogens with two attached hydrogens (primary N) is 1. The molecule has 31 heavy (non-hydrogen) atoms. The highest BCUT2D eigenvalue weighted by Gasteiger charge is 2.27. The van der Waals surface area contributed by atoms with E-state index in [9.17, 15) is 4.79 Å². The first-order valence-corrected chi connectivity index (χ1v) is 11.1. The Labute approximate surface area is 184 Å². The van der Waals surface area contributed by atoms with Gasteiger partial charge in [0.15, 0.2) is 0 Å². The smallest absolute Gasteiger partial charge is 0.266 e. The average Bonchev–Trinajstić information content (AvgIpc) is 3.12. The third-order valence-corrected chi connectivity index (χ3v) is 6.96. The average molecular weight is 433 g/mol. The second kappa shape index (κ2) is 7.74. The minimum Gasteiger partial charge on any atom is -0.495 e. The molecular formula is C24H24N4O2S. The number of para-hydroxylation sites is 2. The topological polar surface area (TPSA) is 71.7 Å². The normalized spacial score (nSPS) is 14.4. The van der Waals surface area contributed by atoms with Gasteiger partial charge >= 0.3 is 0 Å². The molecule has 0 saturated carbocycles. The van der Waals surface area contributed by atoms with Crippen LogP contribution in [0, 0.1) is 6.92 Å². The van der Waals surface area contributed by atoms with Crippen LogP contribution in [0.5, 0.6) is 5.75 Å². The number of piperazine rings is 1. The van der Waals surface area contributed by atoms with E-state index in [0.717, 1.165) is 51.2 Å². The molecule has 5 rings (SSSR count). The van der Waals surface area contributed by atoms with Crippen molar-refractivity contribution in [1.82, 2.24) is 9.88 Å². The van der Waals surface area contributed by atoms with E-state index in [0.29, 0.717) is 23.7 Å². The molecule has 1 amide bonds. The van der Waals surface area contributed by atoms with E-state index in [4.69, 9.17) is 15.5 Å². The lowest BCUT2D eigenvalue weighted by Gasteiger charge is -2.36. The van der Waals surface area contributed by atoms with Gasteiger partial charge in [0, 0.05) is 37.0 Å². The van der Waals surface area contributed by atoms with Crippen LogP contribution in [0.15, 0.2) is 48.5 Å². The Hall–Kier alpha value is -3.32. The molecule has 0 aliphatic carbocycles. The highest BCUT2D eigenvalue weighted by Crippen LogP contribution is 2.36. The van der Waals surface area contributed by atoms with Gasteiger partial charge in [0.25, 0.3) is 5.91 Å². The molecule has 0 unspecified atom stereocenters. The number of rotatable bonds is 3. The summed E-state index contributed by atoms with van der Waals surface area (Å²) < 4.78 is 5.49. The van der Waals surface area contributed by atoms with Crippen molar-refractivity contribution < 1.29 is 9.53 Å². The number of aromatic nitrogens is 1. The summed E-state index contributed by atoms with van der Waals surface area (Å²) in [4.78, 5) is 23.6. The van der Waals surface area contributed by atoms with Crippen LogP contribution in [-0.2, 0) is 0 Å². The fraction of sp³-hybridized carbons (Fsp3) is 0.250. The molecule has 7 heteroatoms. The van der Waals surface area contributed by atoms with Gasteiger partial charge in [-0.25, -0.2) is 4.98 Å². The molecule has 0 bridgehead atoms. The van der Waals surface area contributed by atoms with Gasteiger partial charge in [0.05, 0.1) is 24.0 Å². The van der Waals surface area contributed by atoms with Crippen molar-refractivity contribution in [3.63, 3.8) is 0 Å². The molecule has 2 aromatic heterocycles. The van der Waals surface area contributed by atoms with Gasteiger partial charge in [-0.15, -0.1) is 11.3 Å². The van der Waals surface area contributed by atoms with Crippen LogP contribution in [0.2, 0.25) is 0 Å². The number of nitrogens with zero attached hydrogens (tertiary/aromatic N) is 3. The lowest BCUT2D eigenvalue weighted by molar-refractivity contribution is 0.0752. The zero-order valence-corrected chi connectivity index (χ0v) is 18.4. The number of aryl methyl sites for hydroxylation is 1. The summed E-state index contributed by atoms with van der Waals surface area (Å²) in [5.74, 6) is 0.838. The van der Waals surface area contributed by atoms with Crippen LogP contribution >= 0.6 is 11.3 Å². The van der Waals surface area contributed by atoms with E-state index in [-0.39, 0.29) is 5.91 Å². The number of thiophene rings is 1. The number of methoxy groups -OCH3 is 1. The number of carbonyl (C=O) groups is 1. The number of carbonyl (C=O) groups excluding carboxylic acids is 1. The number of hydrogen-bond donors (Lipinski definition) is 1. The van der Waals surface area contributed by atoms with E-state index in [1.54, 1.807) is 7.11 Å². The molecule has 2 N–H and O–H groups in total. The van der Waals surface area contributed by atoms with Gasteiger partial charge in [-0.3, -0.25) is 4.79 Å². The molecule has 2 aromatic carbocycles. The van der Waals surface area contributed by atoms with Gasteiger partial charge in [-0.2, -0.15) is 0 Å². The first-order chi connectivity index (χ1) is 15.0. The number of anilines is 2. The van der Waals surface area contributed by atoms with Gasteiger partial charge in [-0.05, 0) is 36.8 Å². The molecule has 0 radical (unpaired) electrons. The first-order valence-electron chi connectivity index (χ1n) is 10.3. The zero-order valence-electron chi connectivity index (χ0n) is 17.6. The highest BCUT2D eigenvalue weighted by atomic mass is 32.1. The van der Waals surface area contributed by atoms with Crippen LogP contribution in [0.3, 0.4) is 0 Å². The Kier molecular flexibility index (Phi) is 4.90. The molecule has 0 spiro atoms. The van der Waals surface area contributed by atoms with Gasteiger partial charge in [-0.1, -0.05) is 24.3 Å². The molecule has 4 aromatic rings. The van der Waals surface area contributed by atoms with Crippen molar-refractivity contribution in [2.24, 2.45) is 0 Å². The summed E-state index contributed by atoms with van der Waals surface area (Å²) in [7, 11) is 1.68. The van der Waals surface area contributed by atoms with Crippen molar-refractivity contribution in [3.8, 4) is 5.75 Å². The summed E-state index contributed by atoms with van der Waals surface area (Å²) in [6, 6.07) is 16.2. The maximum absolute atomic E-state index is 13.3. The number of pyridine rings is 1. The molecule has 6 nitrogen and oxygen atoms in total. The molecule has 1 saturated heterocycles. The second-order valence-corrected chi connectivity index (χ2v) is 8.83. The molecule has 3 heterocycles. The number of fused-ring (bicyclic) bond motifs is 2.